The van der Waals surface area contributed by atoms with Crippen LogP contribution in [0.15, 0.2) is 24.3 Å². The minimum Gasteiger partial charge on any atom is -0.494 e. The molecule has 0 saturated heterocycles. The van der Waals surface area contributed by atoms with Gasteiger partial charge < -0.3 is 9.47 Å². The van der Waals surface area contributed by atoms with Crippen molar-refractivity contribution in [3.8, 4) is 18.1 Å². The lowest BCUT2D eigenvalue weighted by atomic mass is 10.2. The molecule has 0 atom stereocenters. The van der Waals surface area contributed by atoms with Gasteiger partial charge in [0.05, 0.1) is 13.2 Å². The van der Waals surface area contributed by atoms with Gasteiger partial charge in [-0.25, -0.2) is 4.79 Å². The predicted octanol–water partition coefficient (Wildman–Crippen LogP) is 2.33. The fourth-order valence-electron chi connectivity index (χ4n) is 1.24. The van der Waals surface area contributed by atoms with Crippen molar-refractivity contribution in [2.24, 2.45) is 0 Å². The number of rotatable bonds is 6. The van der Waals surface area contributed by atoms with Crippen LogP contribution in [-0.2, 0) is 9.53 Å². The number of hydrogen-bond donors (Lipinski definition) is 0. The second kappa shape index (κ2) is 7.34. The summed E-state index contributed by atoms with van der Waals surface area (Å²) >= 11 is 0. The monoisotopic (exact) mass is 232 g/mol. The van der Waals surface area contributed by atoms with Crippen molar-refractivity contribution in [2.45, 2.75) is 19.8 Å². The zero-order valence-corrected chi connectivity index (χ0v) is 9.94. The molecule has 3 nitrogen and oxygen atoms in total. The van der Waals surface area contributed by atoms with E-state index in [1.807, 2.05) is 37.1 Å². The third-order valence-corrected chi connectivity index (χ3v) is 2.18. The Kier molecular flexibility index (Phi) is 5.67. The minimum absolute atomic E-state index is 0.348. The largest absolute Gasteiger partial charge is 0.494 e. The Morgan fingerprint density at radius 2 is 1.88 bits per heavy atom. The lowest BCUT2D eigenvalue weighted by Crippen LogP contribution is -2.04. The molecule has 3 heteroatoms. The first-order valence-corrected chi connectivity index (χ1v) is 5.55. The Morgan fingerprint density at radius 1 is 1.24 bits per heavy atom. The molecule has 0 aliphatic rings. The number of terminal acetylenes is 1. The van der Waals surface area contributed by atoms with E-state index >= 15 is 0 Å². The number of esters is 1. The van der Waals surface area contributed by atoms with Crippen LogP contribution in [0.1, 0.15) is 18.4 Å². The van der Waals surface area contributed by atoms with E-state index in [-0.39, 0.29) is 0 Å². The minimum atomic E-state index is -0.607. The van der Waals surface area contributed by atoms with Crippen molar-refractivity contribution < 1.29 is 14.3 Å². The molecule has 0 N–H and O–H groups in total. The van der Waals surface area contributed by atoms with Crippen LogP contribution in [0.25, 0.3) is 0 Å². The standard InChI is InChI=1S/C14H16O3/c1-3-14(15)17-11-5-4-10-16-13-8-6-12(2)7-9-13/h1,6-9H,4-5,10-11H2,2H3. The molecule has 0 aliphatic carbocycles. The summed E-state index contributed by atoms with van der Waals surface area (Å²) in [7, 11) is 0. The van der Waals surface area contributed by atoms with Crippen molar-refractivity contribution in [1.82, 2.24) is 0 Å². The molecule has 0 saturated carbocycles. The fourth-order valence-corrected chi connectivity index (χ4v) is 1.24. The first kappa shape index (κ1) is 13.1. The maximum Gasteiger partial charge on any atom is 0.384 e. The molecule has 90 valence electrons. The number of aryl methyl sites for hydroxylation is 1. The maximum atomic E-state index is 10.6. The highest BCUT2D eigenvalue weighted by Crippen LogP contribution is 2.11. The number of ether oxygens (including phenoxy) is 2. The average Bonchev–Trinajstić information content (AvgIpc) is 2.35. The van der Waals surface area contributed by atoms with Gasteiger partial charge in [0.25, 0.3) is 0 Å². The van der Waals surface area contributed by atoms with Crippen molar-refractivity contribution in [2.75, 3.05) is 13.2 Å². The molecule has 0 aliphatic heterocycles. The third-order valence-electron chi connectivity index (χ3n) is 2.18. The number of carbonyl (C=O) groups excluding carboxylic acids is 1. The summed E-state index contributed by atoms with van der Waals surface area (Å²) in [6.45, 7) is 2.99. The van der Waals surface area contributed by atoms with Gasteiger partial charge in [-0.1, -0.05) is 17.7 Å². The molecule has 1 aromatic carbocycles. The summed E-state index contributed by atoms with van der Waals surface area (Å²) in [5, 5.41) is 0. The lowest BCUT2D eigenvalue weighted by molar-refractivity contribution is -0.136. The topological polar surface area (TPSA) is 35.5 Å². The summed E-state index contributed by atoms with van der Waals surface area (Å²) in [4.78, 5) is 10.6. The van der Waals surface area contributed by atoms with Crippen LogP contribution in [0.3, 0.4) is 0 Å². The molecule has 0 amide bonds. The summed E-state index contributed by atoms with van der Waals surface area (Å²) in [6.07, 6.45) is 6.43. The molecule has 17 heavy (non-hydrogen) atoms. The Morgan fingerprint density at radius 3 is 2.53 bits per heavy atom. The summed E-state index contributed by atoms with van der Waals surface area (Å²) < 4.78 is 10.2. The van der Waals surface area contributed by atoms with E-state index < -0.39 is 5.97 Å². The second-order valence-corrected chi connectivity index (χ2v) is 3.65. The maximum absolute atomic E-state index is 10.6. The van der Waals surface area contributed by atoms with Gasteiger partial charge in [-0.05, 0) is 31.9 Å². The molecule has 1 rings (SSSR count). The molecule has 0 heterocycles. The molecule has 1 aromatic rings. The average molecular weight is 232 g/mol. The smallest absolute Gasteiger partial charge is 0.384 e. The van der Waals surface area contributed by atoms with Gasteiger partial charge >= 0.3 is 5.97 Å². The first-order chi connectivity index (χ1) is 8.22. The zero-order valence-electron chi connectivity index (χ0n) is 9.94. The number of benzene rings is 1. The third kappa shape index (κ3) is 5.62. The molecule has 0 fully saturated rings. The summed E-state index contributed by atoms with van der Waals surface area (Å²) in [5.41, 5.74) is 1.21. The van der Waals surface area contributed by atoms with Crippen LogP contribution in [0.5, 0.6) is 5.75 Å². The van der Waals surface area contributed by atoms with E-state index in [1.54, 1.807) is 0 Å². The van der Waals surface area contributed by atoms with E-state index in [0.717, 1.165) is 18.6 Å². The van der Waals surface area contributed by atoms with Crippen LogP contribution in [0, 0.1) is 19.3 Å². The van der Waals surface area contributed by atoms with E-state index in [1.165, 1.54) is 5.56 Å². The van der Waals surface area contributed by atoms with Gasteiger partial charge in [-0.2, -0.15) is 0 Å². The van der Waals surface area contributed by atoms with Gasteiger partial charge in [0.1, 0.15) is 5.75 Å². The predicted molar refractivity (Wildman–Crippen MR) is 65.7 cm³/mol. The van der Waals surface area contributed by atoms with E-state index in [0.29, 0.717) is 13.2 Å². The first-order valence-electron chi connectivity index (χ1n) is 5.55. The fraction of sp³-hybridized carbons (Fsp3) is 0.357. The molecule has 0 unspecified atom stereocenters. The van der Waals surface area contributed by atoms with E-state index in [9.17, 15) is 4.79 Å². The Balaban J connectivity index is 2.07. The number of carbonyl (C=O) groups is 1. The molecular weight excluding hydrogens is 216 g/mol. The Bertz CT molecular complexity index is 387. The summed E-state index contributed by atoms with van der Waals surface area (Å²) in [5.74, 6) is 2.15. The van der Waals surface area contributed by atoms with E-state index in [2.05, 4.69) is 0 Å². The highest BCUT2D eigenvalue weighted by molar-refractivity contribution is 5.87. The summed E-state index contributed by atoms with van der Waals surface area (Å²) in [6, 6.07) is 7.88. The van der Waals surface area contributed by atoms with E-state index in [4.69, 9.17) is 15.9 Å². The lowest BCUT2D eigenvalue weighted by Gasteiger charge is -2.06. The van der Waals surface area contributed by atoms with Crippen molar-refractivity contribution >= 4 is 5.97 Å². The Hall–Kier alpha value is -1.95. The van der Waals surface area contributed by atoms with Gasteiger partial charge in [-0.15, -0.1) is 6.42 Å². The molecule has 0 aromatic heterocycles. The highest BCUT2D eigenvalue weighted by Gasteiger charge is 1.97. The van der Waals surface area contributed by atoms with Gasteiger partial charge in [0, 0.05) is 5.92 Å². The van der Waals surface area contributed by atoms with Gasteiger partial charge in [-0.3, -0.25) is 0 Å². The van der Waals surface area contributed by atoms with Crippen molar-refractivity contribution in [3.63, 3.8) is 0 Å². The highest BCUT2D eigenvalue weighted by atomic mass is 16.5. The van der Waals surface area contributed by atoms with Crippen molar-refractivity contribution in [1.29, 1.82) is 0 Å². The number of hydrogen-bond acceptors (Lipinski definition) is 3. The van der Waals surface area contributed by atoms with Crippen LogP contribution in [0.2, 0.25) is 0 Å². The second-order valence-electron chi connectivity index (χ2n) is 3.65. The van der Waals surface area contributed by atoms with Gasteiger partial charge in [0.15, 0.2) is 0 Å². The Labute approximate surface area is 102 Å². The quantitative estimate of drug-likeness (QED) is 0.327. The van der Waals surface area contributed by atoms with Crippen LogP contribution in [0.4, 0.5) is 0 Å². The SMILES string of the molecule is C#CC(=O)OCCCCOc1ccc(C)cc1. The number of unbranched alkanes of at least 4 members (excludes halogenated alkanes) is 1. The normalized spacial score (nSPS) is 9.41. The van der Waals surface area contributed by atoms with Crippen LogP contribution in [-0.4, -0.2) is 19.2 Å². The molecular formula is C14H16O3. The van der Waals surface area contributed by atoms with Crippen LogP contribution < -0.4 is 4.74 Å². The van der Waals surface area contributed by atoms with Gasteiger partial charge in [0.2, 0.25) is 0 Å². The zero-order chi connectivity index (χ0) is 12.5. The molecule has 0 bridgehead atoms. The van der Waals surface area contributed by atoms with Crippen molar-refractivity contribution in [3.05, 3.63) is 29.8 Å². The molecule has 0 radical (unpaired) electrons. The van der Waals surface area contributed by atoms with Crippen LogP contribution >= 0.6 is 0 Å². The molecule has 0 spiro atoms.